The maximum absolute atomic E-state index is 12.9. The van der Waals surface area contributed by atoms with Crippen LogP contribution in [0.5, 0.6) is 23.0 Å². The van der Waals surface area contributed by atoms with E-state index in [4.69, 9.17) is 18.9 Å². The summed E-state index contributed by atoms with van der Waals surface area (Å²) in [4.78, 5) is 14.8. The first-order chi connectivity index (χ1) is 16.6. The van der Waals surface area contributed by atoms with Crippen LogP contribution < -0.4 is 18.9 Å². The molecule has 6 nitrogen and oxygen atoms in total. The number of methoxy groups -OCH3 is 2. The maximum atomic E-state index is 12.9. The Labute approximate surface area is 201 Å². The molecule has 3 aromatic carbocycles. The molecule has 1 aliphatic rings. The van der Waals surface area contributed by atoms with Gasteiger partial charge in [0.15, 0.2) is 23.0 Å². The van der Waals surface area contributed by atoms with Gasteiger partial charge in [-0.25, -0.2) is 0 Å². The molecule has 0 N–H and O–H groups in total. The second-order valence-electron chi connectivity index (χ2n) is 8.22. The Morgan fingerprint density at radius 1 is 0.912 bits per heavy atom. The van der Waals surface area contributed by atoms with Crippen molar-refractivity contribution in [1.82, 2.24) is 4.90 Å². The Balaban J connectivity index is 1.57. The second-order valence-corrected chi connectivity index (χ2v) is 8.22. The number of hydrogen-bond donors (Lipinski definition) is 0. The molecule has 1 atom stereocenters. The van der Waals surface area contributed by atoms with E-state index < -0.39 is 0 Å². The van der Waals surface area contributed by atoms with Gasteiger partial charge in [-0.15, -0.1) is 0 Å². The van der Waals surface area contributed by atoms with E-state index in [0.29, 0.717) is 31.0 Å². The molecule has 0 bridgehead atoms. The minimum atomic E-state index is 0.118. The van der Waals surface area contributed by atoms with Crippen LogP contribution in [0, 0.1) is 0 Å². The molecule has 0 saturated heterocycles. The third-order valence-corrected chi connectivity index (χ3v) is 6.17. The molecule has 6 heteroatoms. The van der Waals surface area contributed by atoms with Crippen molar-refractivity contribution >= 4 is 5.91 Å². The third kappa shape index (κ3) is 5.28. The number of nitrogens with zero attached hydrogens (tertiary/aromatic N) is 1. The van der Waals surface area contributed by atoms with E-state index in [-0.39, 0.29) is 18.6 Å². The van der Waals surface area contributed by atoms with Crippen LogP contribution in [0.15, 0.2) is 66.7 Å². The first-order valence-electron chi connectivity index (χ1n) is 11.6. The van der Waals surface area contributed by atoms with Crippen LogP contribution in [0.1, 0.15) is 42.4 Å². The quantitative estimate of drug-likeness (QED) is 0.405. The number of hydrogen-bond acceptors (Lipinski definition) is 5. The molecule has 0 radical (unpaired) electrons. The lowest BCUT2D eigenvalue weighted by Gasteiger charge is -2.26. The van der Waals surface area contributed by atoms with Crippen molar-refractivity contribution in [1.29, 1.82) is 0 Å². The van der Waals surface area contributed by atoms with E-state index in [1.54, 1.807) is 14.2 Å². The fourth-order valence-electron chi connectivity index (χ4n) is 4.34. The summed E-state index contributed by atoms with van der Waals surface area (Å²) in [7, 11) is 3.23. The molecule has 0 aliphatic carbocycles. The third-order valence-electron chi connectivity index (χ3n) is 6.17. The highest BCUT2D eigenvalue weighted by atomic mass is 16.7. The number of carbonyl (C=O) groups excluding carboxylic acids is 1. The van der Waals surface area contributed by atoms with Crippen LogP contribution in [0.2, 0.25) is 0 Å². The van der Waals surface area contributed by atoms with Crippen molar-refractivity contribution in [3.05, 3.63) is 83.4 Å². The summed E-state index contributed by atoms with van der Waals surface area (Å²) < 4.78 is 21.9. The summed E-state index contributed by atoms with van der Waals surface area (Å²) in [6.45, 7) is 3.28. The first kappa shape index (κ1) is 23.5. The number of ether oxygens (including phenoxy) is 4. The summed E-state index contributed by atoms with van der Waals surface area (Å²) in [5.74, 6) is 3.11. The van der Waals surface area contributed by atoms with E-state index in [1.807, 2.05) is 54.3 Å². The van der Waals surface area contributed by atoms with Crippen molar-refractivity contribution in [3.63, 3.8) is 0 Å². The van der Waals surface area contributed by atoms with Gasteiger partial charge >= 0.3 is 0 Å². The van der Waals surface area contributed by atoms with Gasteiger partial charge in [-0.3, -0.25) is 4.79 Å². The summed E-state index contributed by atoms with van der Waals surface area (Å²) >= 11 is 0. The topological polar surface area (TPSA) is 57.2 Å². The Kier molecular flexibility index (Phi) is 7.58. The molecule has 1 aliphatic heterocycles. The monoisotopic (exact) mass is 461 g/mol. The van der Waals surface area contributed by atoms with Crippen molar-refractivity contribution in [2.75, 3.05) is 27.6 Å². The van der Waals surface area contributed by atoms with Gasteiger partial charge in [0, 0.05) is 25.4 Å². The van der Waals surface area contributed by atoms with Gasteiger partial charge in [-0.05, 0) is 47.4 Å². The largest absolute Gasteiger partial charge is 0.493 e. The zero-order chi connectivity index (χ0) is 23.9. The molecule has 1 amide bonds. The smallest absolute Gasteiger partial charge is 0.231 e. The summed E-state index contributed by atoms with van der Waals surface area (Å²) in [6, 6.07) is 22.3. The molecular formula is C28H31NO5. The molecule has 0 unspecified atom stereocenters. The summed E-state index contributed by atoms with van der Waals surface area (Å²) in [5, 5.41) is 0. The SMILES string of the molecule is CCC(=O)N(CC[C@H](c1ccccc1)c1ccc2c(c1)OCO2)Cc1ccc(OC)c(OC)c1. The van der Waals surface area contributed by atoms with Crippen LogP contribution in [0.3, 0.4) is 0 Å². The van der Waals surface area contributed by atoms with Crippen molar-refractivity contribution in [2.24, 2.45) is 0 Å². The first-order valence-corrected chi connectivity index (χ1v) is 11.6. The van der Waals surface area contributed by atoms with Gasteiger partial charge in [-0.1, -0.05) is 49.4 Å². The maximum Gasteiger partial charge on any atom is 0.231 e. The minimum absolute atomic E-state index is 0.118. The Morgan fingerprint density at radius 2 is 1.68 bits per heavy atom. The highest BCUT2D eigenvalue weighted by Gasteiger charge is 2.22. The van der Waals surface area contributed by atoms with Crippen molar-refractivity contribution in [2.45, 2.75) is 32.2 Å². The molecule has 4 rings (SSSR count). The standard InChI is InChI=1S/C28H31NO5/c1-4-28(30)29(18-20-10-12-24(31-2)26(16-20)32-3)15-14-23(21-8-6-5-7-9-21)22-11-13-25-27(17-22)34-19-33-25/h5-13,16-17,23H,4,14-15,18-19H2,1-3H3/t23-/m1/s1. The zero-order valence-corrected chi connectivity index (χ0v) is 20.0. The van der Waals surface area contributed by atoms with Crippen LogP contribution >= 0.6 is 0 Å². The molecule has 0 spiro atoms. The lowest BCUT2D eigenvalue weighted by Crippen LogP contribution is -2.31. The van der Waals surface area contributed by atoms with Gasteiger partial charge in [0.05, 0.1) is 14.2 Å². The number of amides is 1. The van der Waals surface area contributed by atoms with E-state index in [2.05, 4.69) is 24.3 Å². The van der Waals surface area contributed by atoms with Gasteiger partial charge in [0.25, 0.3) is 0 Å². The molecule has 0 aromatic heterocycles. The molecule has 0 saturated carbocycles. The Morgan fingerprint density at radius 3 is 2.41 bits per heavy atom. The lowest BCUT2D eigenvalue weighted by atomic mass is 9.88. The zero-order valence-electron chi connectivity index (χ0n) is 20.0. The molecule has 0 fully saturated rings. The molecular weight excluding hydrogens is 430 g/mol. The van der Waals surface area contributed by atoms with Crippen molar-refractivity contribution < 1.29 is 23.7 Å². The fraction of sp³-hybridized carbons (Fsp3) is 0.321. The molecule has 34 heavy (non-hydrogen) atoms. The average Bonchev–Trinajstić information content (AvgIpc) is 3.36. The number of rotatable bonds is 10. The molecule has 3 aromatic rings. The summed E-state index contributed by atoms with van der Waals surface area (Å²) in [5.41, 5.74) is 3.35. The van der Waals surface area contributed by atoms with E-state index in [1.165, 1.54) is 5.56 Å². The Bertz CT molecular complexity index is 1120. The van der Waals surface area contributed by atoms with E-state index in [9.17, 15) is 4.79 Å². The number of benzene rings is 3. The van der Waals surface area contributed by atoms with Crippen LogP contribution in [-0.4, -0.2) is 38.4 Å². The van der Waals surface area contributed by atoms with Crippen LogP contribution in [-0.2, 0) is 11.3 Å². The fourth-order valence-corrected chi connectivity index (χ4v) is 4.34. The van der Waals surface area contributed by atoms with Gasteiger partial charge < -0.3 is 23.8 Å². The van der Waals surface area contributed by atoms with E-state index in [0.717, 1.165) is 29.0 Å². The average molecular weight is 462 g/mol. The molecule has 178 valence electrons. The predicted octanol–water partition coefficient (Wildman–Crippen LogP) is 5.39. The van der Waals surface area contributed by atoms with Gasteiger partial charge in [-0.2, -0.15) is 0 Å². The second kappa shape index (κ2) is 11.0. The summed E-state index contributed by atoms with van der Waals surface area (Å²) in [6.07, 6.45) is 1.23. The minimum Gasteiger partial charge on any atom is -0.493 e. The number of fused-ring (bicyclic) bond motifs is 1. The number of carbonyl (C=O) groups is 1. The van der Waals surface area contributed by atoms with E-state index >= 15 is 0 Å². The Hall–Kier alpha value is -3.67. The van der Waals surface area contributed by atoms with Crippen molar-refractivity contribution in [3.8, 4) is 23.0 Å². The normalized spacial score (nSPS) is 12.8. The van der Waals surface area contributed by atoms with Gasteiger partial charge in [0.1, 0.15) is 0 Å². The lowest BCUT2D eigenvalue weighted by molar-refractivity contribution is -0.131. The van der Waals surface area contributed by atoms with Crippen LogP contribution in [0.4, 0.5) is 0 Å². The predicted molar refractivity (Wildman–Crippen MR) is 131 cm³/mol. The highest BCUT2D eigenvalue weighted by Crippen LogP contribution is 2.38. The highest BCUT2D eigenvalue weighted by molar-refractivity contribution is 5.75. The van der Waals surface area contributed by atoms with Crippen LogP contribution in [0.25, 0.3) is 0 Å². The molecule has 1 heterocycles. The van der Waals surface area contributed by atoms with Gasteiger partial charge in [0.2, 0.25) is 12.7 Å².